The molecule has 0 radical (unpaired) electrons. The predicted molar refractivity (Wildman–Crippen MR) is 207 cm³/mol. The van der Waals surface area contributed by atoms with Crippen molar-refractivity contribution in [2.24, 2.45) is 0 Å². The molecule has 0 spiro atoms. The van der Waals surface area contributed by atoms with Crippen molar-refractivity contribution in [1.82, 2.24) is 20.3 Å². The topological polar surface area (TPSA) is 66.0 Å². The number of rotatable bonds is 29. The SMILES string of the molecule is CCCCCCCCCCCCCc1nc(NCCCCCCCCCCCC)nc(N(CCCC)C2CC(C)(C)NC(C)(C)C2)n1. The predicted octanol–water partition coefficient (Wildman–Crippen LogP) is 12.0. The number of hydrogen-bond donors (Lipinski definition) is 2. The minimum atomic E-state index is 0.0822. The second kappa shape index (κ2) is 24.7. The molecule has 1 fully saturated rings. The molecule has 0 unspecified atom stereocenters. The zero-order chi connectivity index (χ0) is 34.2. The fourth-order valence-electron chi connectivity index (χ4n) is 7.75. The molecule has 2 N–H and O–H groups in total. The summed E-state index contributed by atoms with van der Waals surface area (Å²) < 4.78 is 0. The highest BCUT2D eigenvalue weighted by Gasteiger charge is 2.40. The van der Waals surface area contributed by atoms with Gasteiger partial charge in [-0.15, -0.1) is 0 Å². The molecule has 1 aromatic heterocycles. The number of aromatic nitrogens is 3. The first kappa shape index (κ1) is 41.7. The van der Waals surface area contributed by atoms with Crippen molar-refractivity contribution in [2.75, 3.05) is 23.3 Å². The molecule has 6 nitrogen and oxygen atoms in total. The molecule has 0 saturated carbocycles. The quantitative estimate of drug-likeness (QED) is 0.0837. The van der Waals surface area contributed by atoms with Crippen molar-refractivity contribution in [3.63, 3.8) is 0 Å². The summed E-state index contributed by atoms with van der Waals surface area (Å²) in [5.74, 6) is 2.67. The Morgan fingerprint density at radius 3 is 1.51 bits per heavy atom. The molecule has 0 atom stereocenters. The summed E-state index contributed by atoms with van der Waals surface area (Å²) in [4.78, 5) is 17.8. The van der Waals surface area contributed by atoms with Gasteiger partial charge in [0.05, 0.1) is 0 Å². The Morgan fingerprint density at radius 2 is 1.02 bits per heavy atom. The number of anilines is 2. The molecule has 1 saturated heterocycles. The van der Waals surface area contributed by atoms with E-state index in [2.05, 4.69) is 64.0 Å². The maximum absolute atomic E-state index is 5.19. The Morgan fingerprint density at radius 1 is 0.574 bits per heavy atom. The molecule has 1 aliphatic heterocycles. The van der Waals surface area contributed by atoms with Gasteiger partial charge in [-0.05, 0) is 59.8 Å². The number of unbranched alkanes of at least 4 members (excludes halogenated alkanes) is 20. The summed E-state index contributed by atoms with van der Waals surface area (Å²) in [6.07, 6.45) is 34.0. The van der Waals surface area contributed by atoms with Crippen LogP contribution >= 0.6 is 0 Å². The van der Waals surface area contributed by atoms with E-state index in [1.807, 2.05) is 0 Å². The highest BCUT2D eigenvalue weighted by Crippen LogP contribution is 2.33. The molecular weight excluding hydrogens is 576 g/mol. The lowest BCUT2D eigenvalue weighted by Gasteiger charge is -2.49. The van der Waals surface area contributed by atoms with Gasteiger partial charge in [0.2, 0.25) is 11.9 Å². The highest BCUT2D eigenvalue weighted by molar-refractivity contribution is 5.39. The molecule has 0 aliphatic carbocycles. The maximum Gasteiger partial charge on any atom is 0.230 e. The summed E-state index contributed by atoms with van der Waals surface area (Å²) in [5, 5.41) is 7.52. The summed E-state index contributed by atoms with van der Waals surface area (Å²) in [6.45, 7) is 18.2. The van der Waals surface area contributed by atoms with Gasteiger partial charge < -0.3 is 15.5 Å². The summed E-state index contributed by atoms with van der Waals surface area (Å²) in [5.41, 5.74) is 0.164. The van der Waals surface area contributed by atoms with Crippen LogP contribution in [0, 0.1) is 0 Å². The maximum atomic E-state index is 5.19. The summed E-state index contributed by atoms with van der Waals surface area (Å²) in [7, 11) is 0. The first-order chi connectivity index (χ1) is 22.7. The fourth-order valence-corrected chi connectivity index (χ4v) is 7.75. The van der Waals surface area contributed by atoms with Crippen molar-refractivity contribution in [2.45, 2.75) is 233 Å². The van der Waals surface area contributed by atoms with E-state index in [9.17, 15) is 0 Å². The van der Waals surface area contributed by atoms with Gasteiger partial charge in [0.25, 0.3) is 0 Å². The molecule has 0 bridgehead atoms. The lowest BCUT2D eigenvalue weighted by atomic mass is 9.79. The molecule has 6 heteroatoms. The summed E-state index contributed by atoms with van der Waals surface area (Å²) in [6, 6.07) is 0.417. The van der Waals surface area contributed by atoms with Crippen molar-refractivity contribution in [3.8, 4) is 0 Å². The van der Waals surface area contributed by atoms with E-state index in [4.69, 9.17) is 15.0 Å². The fraction of sp³-hybridized carbons (Fsp3) is 0.927. The Balaban J connectivity index is 1.98. The second-order valence-electron chi connectivity index (χ2n) is 16.3. The Bertz CT molecular complexity index is 840. The number of nitrogens with zero attached hydrogens (tertiary/aromatic N) is 4. The third-order valence-electron chi connectivity index (χ3n) is 10.1. The van der Waals surface area contributed by atoms with Crippen LogP contribution in [-0.2, 0) is 6.42 Å². The lowest BCUT2D eigenvalue weighted by Crippen LogP contribution is -2.62. The van der Waals surface area contributed by atoms with Crippen molar-refractivity contribution in [3.05, 3.63) is 5.82 Å². The lowest BCUT2D eigenvalue weighted by molar-refractivity contribution is 0.157. The smallest absolute Gasteiger partial charge is 0.230 e. The van der Waals surface area contributed by atoms with Gasteiger partial charge >= 0.3 is 0 Å². The average molecular weight is 657 g/mol. The molecule has 0 aromatic carbocycles. The molecular formula is C41H80N6. The second-order valence-corrected chi connectivity index (χ2v) is 16.3. The zero-order valence-electron chi connectivity index (χ0n) is 32.7. The number of aryl methyl sites for hydroxylation is 1. The van der Waals surface area contributed by atoms with Crippen molar-refractivity contribution < 1.29 is 0 Å². The van der Waals surface area contributed by atoms with Gasteiger partial charge in [-0.25, -0.2) is 0 Å². The molecule has 274 valence electrons. The minimum Gasteiger partial charge on any atom is -0.354 e. The van der Waals surface area contributed by atoms with Gasteiger partial charge in [-0.2, -0.15) is 15.0 Å². The van der Waals surface area contributed by atoms with E-state index in [0.717, 1.165) is 56.5 Å². The normalized spacial score (nSPS) is 16.1. The largest absolute Gasteiger partial charge is 0.354 e. The molecule has 1 aromatic rings. The monoisotopic (exact) mass is 657 g/mol. The van der Waals surface area contributed by atoms with Crippen LogP contribution in [0.5, 0.6) is 0 Å². The number of hydrogen-bond acceptors (Lipinski definition) is 6. The standard InChI is InChI=1S/C41H80N6/c1-8-11-14-16-18-20-22-23-25-27-29-31-37-43-38(42-32-30-28-26-24-21-19-17-15-12-9-2)45-39(44-37)47(33-13-10-3)36-34-40(4,5)46-41(6,7)35-36/h36,46H,8-35H2,1-7H3,(H,42,43,44,45). The van der Waals surface area contributed by atoms with E-state index < -0.39 is 0 Å². The third kappa shape index (κ3) is 19.4. The molecule has 1 aliphatic rings. The molecule has 2 rings (SSSR count). The van der Waals surface area contributed by atoms with Crippen LogP contribution in [0.1, 0.15) is 215 Å². The van der Waals surface area contributed by atoms with Gasteiger partial charge in [0, 0.05) is 36.6 Å². The Labute approximate surface area is 293 Å². The number of nitrogens with one attached hydrogen (secondary N) is 2. The number of piperidine rings is 1. The van der Waals surface area contributed by atoms with E-state index in [0.29, 0.717) is 6.04 Å². The Kier molecular flexibility index (Phi) is 21.9. The van der Waals surface area contributed by atoms with E-state index in [-0.39, 0.29) is 11.1 Å². The average Bonchev–Trinajstić information content (AvgIpc) is 3.01. The highest BCUT2D eigenvalue weighted by atomic mass is 15.3. The molecule has 2 heterocycles. The van der Waals surface area contributed by atoms with Crippen molar-refractivity contribution >= 4 is 11.9 Å². The van der Waals surface area contributed by atoms with Crippen LogP contribution in [0.15, 0.2) is 0 Å². The van der Waals surface area contributed by atoms with E-state index in [1.165, 1.54) is 141 Å². The Hall–Kier alpha value is -1.43. The van der Waals surface area contributed by atoms with Crippen LogP contribution in [0.3, 0.4) is 0 Å². The zero-order valence-corrected chi connectivity index (χ0v) is 32.7. The van der Waals surface area contributed by atoms with E-state index in [1.54, 1.807) is 0 Å². The van der Waals surface area contributed by atoms with Crippen LogP contribution in [0.2, 0.25) is 0 Å². The first-order valence-electron chi connectivity index (χ1n) is 20.7. The summed E-state index contributed by atoms with van der Waals surface area (Å²) >= 11 is 0. The minimum absolute atomic E-state index is 0.0822. The van der Waals surface area contributed by atoms with Crippen LogP contribution in [0.25, 0.3) is 0 Å². The molecule has 47 heavy (non-hydrogen) atoms. The van der Waals surface area contributed by atoms with Crippen LogP contribution < -0.4 is 15.5 Å². The van der Waals surface area contributed by atoms with Crippen molar-refractivity contribution in [1.29, 1.82) is 0 Å². The van der Waals surface area contributed by atoms with E-state index >= 15 is 0 Å². The molecule has 0 amide bonds. The van der Waals surface area contributed by atoms with Gasteiger partial charge in [-0.1, -0.05) is 149 Å². The van der Waals surface area contributed by atoms with Gasteiger partial charge in [-0.3, -0.25) is 0 Å². The third-order valence-corrected chi connectivity index (χ3v) is 10.1. The van der Waals surface area contributed by atoms with Gasteiger partial charge in [0.15, 0.2) is 0 Å². The first-order valence-corrected chi connectivity index (χ1v) is 20.7. The van der Waals surface area contributed by atoms with Crippen LogP contribution in [-0.4, -0.2) is 45.2 Å². The van der Waals surface area contributed by atoms with Crippen LogP contribution in [0.4, 0.5) is 11.9 Å². The van der Waals surface area contributed by atoms with Gasteiger partial charge in [0.1, 0.15) is 5.82 Å².